The van der Waals surface area contributed by atoms with E-state index in [4.69, 9.17) is 5.84 Å². The number of aromatic nitrogens is 2. The number of hydrogen-bond acceptors (Lipinski definition) is 5. The van der Waals surface area contributed by atoms with Crippen molar-refractivity contribution in [1.29, 1.82) is 0 Å². The van der Waals surface area contributed by atoms with Crippen LogP contribution in [0.5, 0.6) is 0 Å². The van der Waals surface area contributed by atoms with Gasteiger partial charge >= 0.3 is 0 Å². The highest BCUT2D eigenvalue weighted by Crippen LogP contribution is 2.14. The molecule has 2 unspecified atom stereocenters. The van der Waals surface area contributed by atoms with E-state index in [2.05, 4.69) is 40.6 Å². The highest BCUT2D eigenvalue weighted by molar-refractivity contribution is 5.04. The predicted octanol–water partition coefficient (Wildman–Crippen LogP) is -0.570. The first-order chi connectivity index (χ1) is 9.10. The van der Waals surface area contributed by atoms with Crippen molar-refractivity contribution in [3.05, 3.63) is 18.0 Å². The minimum absolute atomic E-state index is 0.313. The molecule has 1 aliphatic heterocycles. The van der Waals surface area contributed by atoms with Gasteiger partial charge < -0.3 is 4.90 Å². The van der Waals surface area contributed by atoms with Crippen LogP contribution in [-0.4, -0.2) is 65.4 Å². The maximum atomic E-state index is 5.76. The zero-order valence-corrected chi connectivity index (χ0v) is 12.2. The molecule has 0 aliphatic carbocycles. The molecular formula is C13H26N6. The Balaban J connectivity index is 1.91. The molecule has 0 saturated carbocycles. The first-order valence-electron chi connectivity index (χ1n) is 6.92. The van der Waals surface area contributed by atoms with Crippen molar-refractivity contribution >= 4 is 0 Å². The van der Waals surface area contributed by atoms with E-state index in [0.29, 0.717) is 12.1 Å². The van der Waals surface area contributed by atoms with Gasteiger partial charge in [0, 0.05) is 45.0 Å². The number of hydrazine groups is 1. The van der Waals surface area contributed by atoms with Crippen LogP contribution in [0.3, 0.4) is 0 Å². The predicted molar refractivity (Wildman–Crippen MR) is 76.6 cm³/mol. The lowest BCUT2D eigenvalue weighted by molar-refractivity contribution is 0.0854. The lowest BCUT2D eigenvalue weighted by atomic mass is 9.98. The lowest BCUT2D eigenvalue weighted by Crippen LogP contribution is -2.60. The number of nitrogens with one attached hydrogen (secondary N) is 1. The van der Waals surface area contributed by atoms with Gasteiger partial charge in [-0.25, -0.2) is 0 Å². The van der Waals surface area contributed by atoms with Crippen LogP contribution in [0.1, 0.15) is 12.0 Å². The summed E-state index contributed by atoms with van der Waals surface area (Å²) in [6, 6.07) is 0.786. The second-order valence-electron chi connectivity index (χ2n) is 5.64. The summed E-state index contributed by atoms with van der Waals surface area (Å²) in [6.07, 6.45) is 6.05. The molecule has 3 N–H and O–H groups in total. The van der Waals surface area contributed by atoms with Gasteiger partial charge in [0.25, 0.3) is 0 Å². The van der Waals surface area contributed by atoms with Crippen LogP contribution in [0, 0.1) is 0 Å². The Labute approximate surface area is 115 Å². The van der Waals surface area contributed by atoms with Crippen molar-refractivity contribution in [3.8, 4) is 0 Å². The second-order valence-corrected chi connectivity index (χ2v) is 5.64. The van der Waals surface area contributed by atoms with E-state index in [9.17, 15) is 0 Å². The van der Waals surface area contributed by atoms with E-state index in [-0.39, 0.29) is 0 Å². The molecule has 108 valence electrons. The standard InChI is InChI=1S/C13H26N6/c1-17-6-7-18(2)13(10-17)12(16-14)5-4-11-8-15-19(3)9-11/h8-9,12-13,16H,4-7,10,14H2,1-3H3. The number of rotatable bonds is 5. The Bertz CT molecular complexity index is 390. The SMILES string of the molecule is CN1CCN(C)C(C(CCc2cnn(C)c2)NN)C1. The van der Waals surface area contributed by atoms with Crippen molar-refractivity contribution in [1.82, 2.24) is 25.0 Å². The van der Waals surface area contributed by atoms with Crippen molar-refractivity contribution in [3.63, 3.8) is 0 Å². The Morgan fingerprint density at radius 3 is 2.84 bits per heavy atom. The van der Waals surface area contributed by atoms with Crippen LogP contribution in [0.4, 0.5) is 0 Å². The van der Waals surface area contributed by atoms with E-state index < -0.39 is 0 Å². The number of nitrogens with zero attached hydrogens (tertiary/aromatic N) is 4. The summed E-state index contributed by atoms with van der Waals surface area (Å²) in [5.74, 6) is 5.76. The van der Waals surface area contributed by atoms with Crippen LogP contribution >= 0.6 is 0 Å². The van der Waals surface area contributed by atoms with Crippen molar-refractivity contribution in [2.75, 3.05) is 33.7 Å². The number of piperazine rings is 1. The van der Waals surface area contributed by atoms with Crippen LogP contribution in [0.15, 0.2) is 12.4 Å². The summed E-state index contributed by atoms with van der Waals surface area (Å²) in [7, 11) is 6.31. The largest absolute Gasteiger partial charge is 0.303 e. The molecule has 0 radical (unpaired) electrons. The number of hydrogen-bond donors (Lipinski definition) is 2. The molecule has 2 heterocycles. The van der Waals surface area contributed by atoms with Gasteiger partial charge in [0.2, 0.25) is 0 Å². The fourth-order valence-electron chi connectivity index (χ4n) is 2.79. The van der Waals surface area contributed by atoms with E-state index in [1.54, 1.807) is 0 Å². The topological polar surface area (TPSA) is 62.3 Å². The average Bonchev–Trinajstić information content (AvgIpc) is 2.80. The van der Waals surface area contributed by atoms with Gasteiger partial charge in [-0.05, 0) is 32.5 Å². The van der Waals surface area contributed by atoms with E-state index >= 15 is 0 Å². The third-order valence-electron chi connectivity index (χ3n) is 4.08. The van der Waals surface area contributed by atoms with Crippen LogP contribution in [-0.2, 0) is 13.5 Å². The maximum absolute atomic E-state index is 5.76. The quantitative estimate of drug-likeness (QED) is 0.552. The average molecular weight is 266 g/mol. The maximum Gasteiger partial charge on any atom is 0.0521 e. The molecule has 1 saturated heterocycles. The van der Waals surface area contributed by atoms with Crippen LogP contribution in [0.2, 0.25) is 0 Å². The van der Waals surface area contributed by atoms with E-state index in [1.807, 2.05) is 17.9 Å². The van der Waals surface area contributed by atoms with Crippen molar-refractivity contribution in [2.24, 2.45) is 12.9 Å². The molecule has 19 heavy (non-hydrogen) atoms. The van der Waals surface area contributed by atoms with Crippen LogP contribution < -0.4 is 11.3 Å². The van der Waals surface area contributed by atoms with Gasteiger partial charge in [-0.2, -0.15) is 5.10 Å². The zero-order valence-electron chi connectivity index (χ0n) is 12.2. The second kappa shape index (κ2) is 6.47. The molecule has 0 aromatic carbocycles. The summed E-state index contributed by atoms with van der Waals surface area (Å²) >= 11 is 0. The first kappa shape index (κ1) is 14.5. The number of aryl methyl sites for hydroxylation is 2. The van der Waals surface area contributed by atoms with Gasteiger partial charge in [0.15, 0.2) is 0 Å². The highest BCUT2D eigenvalue weighted by atomic mass is 15.3. The zero-order chi connectivity index (χ0) is 13.8. The van der Waals surface area contributed by atoms with Crippen LogP contribution in [0.25, 0.3) is 0 Å². The molecule has 1 fully saturated rings. The summed E-state index contributed by atoms with van der Waals surface area (Å²) in [5, 5.41) is 4.21. The highest BCUT2D eigenvalue weighted by Gasteiger charge is 2.28. The molecule has 2 rings (SSSR count). The molecule has 1 aromatic heterocycles. The van der Waals surface area contributed by atoms with E-state index in [0.717, 1.165) is 32.5 Å². The Kier molecular flexibility index (Phi) is 4.93. The van der Waals surface area contributed by atoms with Gasteiger partial charge in [-0.3, -0.25) is 20.9 Å². The number of nitrogens with two attached hydrogens (primary N) is 1. The fourth-order valence-corrected chi connectivity index (χ4v) is 2.79. The minimum Gasteiger partial charge on any atom is -0.303 e. The number of likely N-dealkylation sites (N-methyl/N-ethyl adjacent to an activating group) is 2. The third-order valence-corrected chi connectivity index (χ3v) is 4.08. The van der Waals surface area contributed by atoms with Gasteiger partial charge in [-0.15, -0.1) is 0 Å². The summed E-state index contributed by atoms with van der Waals surface area (Å²) in [6.45, 7) is 3.30. The van der Waals surface area contributed by atoms with Gasteiger partial charge in [0.05, 0.1) is 6.20 Å². The Hall–Kier alpha value is -0.950. The molecule has 0 bridgehead atoms. The summed E-state index contributed by atoms with van der Waals surface area (Å²) < 4.78 is 1.85. The molecule has 0 spiro atoms. The normalized spacial score (nSPS) is 23.7. The first-order valence-corrected chi connectivity index (χ1v) is 6.92. The molecular weight excluding hydrogens is 240 g/mol. The molecule has 6 nitrogen and oxygen atoms in total. The summed E-state index contributed by atoms with van der Waals surface area (Å²) in [5.41, 5.74) is 4.28. The lowest BCUT2D eigenvalue weighted by Gasteiger charge is -2.41. The molecule has 1 aromatic rings. The molecule has 6 heteroatoms. The van der Waals surface area contributed by atoms with Gasteiger partial charge in [0.1, 0.15) is 0 Å². The van der Waals surface area contributed by atoms with Crippen molar-refractivity contribution in [2.45, 2.75) is 24.9 Å². The molecule has 0 amide bonds. The summed E-state index contributed by atoms with van der Waals surface area (Å²) in [4.78, 5) is 4.78. The van der Waals surface area contributed by atoms with Gasteiger partial charge in [-0.1, -0.05) is 0 Å². The molecule has 1 aliphatic rings. The Morgan fingerprint density at radius 1 is 1.42 bits per heavy atom. The molecule has 2 atom stereocenters. The fraction of sp³-hybridized carbons (Fsp3) is 0.769. The van der Waals surface area contributed by atoms with E-state index in [1.165, 1.54) is 5.56 Å². The smallest absolute Gasteiger partial charge is 0.0521 e. The Morgan fingerprint density at radius 2 is 2.21 bits per heavy atom. The monoisotopic (exact) mass is 266 g/mol. The third kappa shape index (κ3) is 3.76. The minimum atomic E-state index is 0.313. The van der Waals surface area contributed by atoms with Crippen molar-refractivity contribution < 1.29 is 0 Å².